The number of nitrogens with zero attached hydrogens (tertiary/aromatic N) is 2. The molecule has 1 aromatic carbocycles. The molecule has 0 spiro atoms. The zero-order chi connectivity index (χ0) is 26.9. The van der Waals surface area contributed by atoms with E-state index >= 15 is 0 Å². The Labute approximate surface area is 223 Å². The maximum absolute atomic E-state index is 13.7. The summed E-state index contributed by atoms with van der Waals surface area (Å²) in [6.07, 6.45) is 6.84. The fourth-order valence-electron chi connectivity index (χ4n) is 5.57. The van der Waals surface area contributed by atoms with Gasteiger partial charge in [-0.2, -0.15) is 9.61 Å². The average Bonchev–Trinajstić information content (AvgIpc) is 3.72. The molecule has 1 aliphatic rings. The summed E-state index contributed by atoms with van der Waals surface area (Å²) in [5.41, 5.74) is 3.05. The Bertz CT molecular complexity index is 1670. The number of hydrogen-bond donors (Lipinski definition) is 3. The molecule has 0 aliphatic heterocycles. The van der Waals surface area contributed by atoms with E-state index in [-0.39, 0.29) is 23.6 Å². The zero-order valence-electron chi connectivity index (χ0n) is 21.5. The van der Waals surface area contributed by atoms with Gasteiger partial charge in [0.05, 0.1) is 19.1 Å². The zero-order valence-corrected chi connectivity index (χ0v) is 21.5. The molecule has 0 unspecified atom stereocenters. The van der Waals surface area contributed by atoms with Crippen molar-refractivity contribution in [3.63, 3.8) is 0 Å². The molecule has 5 aromatic rings. The van der Waals surface area contributed by atoms with Gasteiger partial charge in [0.15, 0.2) is 11.5 Å². The number of furan rings is 1. The number of aromatic amines is 2. The molecule has 1 saturated carbocycles. The van der Waals surface area contributed by atoms with Gasteiger partial charge in [-0.25, -0.2) is 4.79 Å². The van der Waals surface area contributed by atoms with Crippen molar-refractivity contribution in [1.82, 2.24) is 24.9 Å². The minimum absolute atomic E-state index is 0.0140. The van der Waals surface area contributed by atoms with Crippen molar-refractivity contribution >= 4 is 28.4 Å². The number of para-hydroxylation sites is 1. The van der Waals surface area contributed by atoms with E-state index in [0.717, 1.165) is 48.7 Å². The summed E-state index contributed by atoms with van der Waals surface area (Å²) in [6.45, 7) is 0. The summed E-state index contributed by atoms with van der Waals surface area (Å²) in [5, 5.41) is 8.08. The van der Waals surface area contributed by atoms with E-state index in [0.29, 0.717) is 22.7 Å². The number of aromatic nitrogens is 4. The third-order valence-corrected chi connectivity index (χ3v) is 7.47. The first kappa shape index (κ1) is 24.7. The third-order valence-electron chi connectivity index (χ3n) is 7.47. The van der Waals surface area contributed by atoms with Crippen LogP contribution in [0.3, 0.4) is 0 Å². The number of H-pyrrole nitrogens is 2. The van der Waals surface area contributed by atoms with E-state index in [1.54, 1.807) is 12.3 Å². The predicted molar refractivity (Wildman–Crippen MR) is 145 cm³/mol. The van der Waals surface area contributed by atoms with Gasteiger partial charge in [0.2, 0.25) is 0 Å². The number of hydrogen-bond acceptors (Lipinski definition) is 6. The van der Waals surface area contributed by atoms with E-state index in [1.165, 1.54) is 17.7 Å². The Morgan fingerprint density at radius 3 is 2.69 bits per heavy atom. The van der Waals surface area contributed by atoms with Crippen molar-refractivity contribution in [2.75, 3.05) is 7.11 Å². The number of carbonyl (C=O) groups is 2. The summed E-state index contributed by atoms with van der Waals surface area (Å²) in [7, 11) is 1.28. The number of fused-ring (bicyclic) bond motifs is 2. The Morgan fingerprint density at radius 2 is 1.95 bits per heavy atom. The highest BCUT2D eigenvalue weighted by Crippen LogP contribution is 2.35. The first-order valence-corrected chi connectivity index (χ1v) is 13.2. The minimum Gasteiger partial charge on any atom is -0.467 e. The molecule has 4 aromatic heterocycles. The lowest BCUT2D eigenvalue weighted by Gasteiger charge is -2.23. The van der Waals surface area contributed by atoms with Crippen LogP contribution in [0.15, 0.2) is 64.0 Å². The highest BCUT2D eigenvalue weighted by molar-refractivity contribution is 5.96. The maximum Gasteiger partial charge on any atom is 0.328 e. The van der Waals surface area contributed by atoms with Gasteiger partial charge in [-0.05, 0) is 48.4 Å². The van der Waals surface area contributed by atoms with Crippen LogP contribution in [0.1, 0.15) is 59.8 Å². The third kappa shape index (κ3) is 4.73. The average molecular weight is 528 g/mol. The highest BCUT2D eigenvalue weighted by atomic mass is 16.5. The quantitative estimate of drug-likeness (QED) is 0.270. The van der Waals surface area contributed by atoms with Crippen LogP contribution in [0.2, 0.25) is 0 Å². The molecule has 1 amide bonds. The van der Waals surface area contributed by atoms with Crippen molar-refractivity contribution < 1.29 is 18.7 Å². The van der Waals surface area contributed by atoms with Gasteiger partial charge in [0.1, 0.15) is 11.7 Å². The Hall–Kier alpha value is -4.60. The standard InChI is InChI=1S/C29H29N5O5/c1-38-29(37)22(15-19-14-18-10-5-6-11-20(18)30-19)31-27(35)21-16-24-32-26(23-12-7-13-39-23)25(28(36)34(24)33-21)17-8-3-2-4-9-17/h5-7,10-14,16-17,22,30,32H,2-4,8-9,15H2,1H3,(H,31,35)/t22-/m0/s1. The number of carbonyl (C=O) groups excluding carboxylic acids is 2. The van der Waals surface area contributed by atoms with Crippen LogP contribution in [0.5, 0.6) is 0 Å². The summed E-state index contributed by atoms with van der Waals surface area (Å²) < 4.78 is 11.8. The Kier molecular flexibility index (Phi) is 6.52. The molecule has 4 heterocycles. The molecule has 0 saturated heterocycles. The van der Waals surface area contributed by atoms with Crippen molar-refractivity contribution in [3.8, 4) is 11.5 Å². The fourth-order valence-corrected chi connectivity index (χ4v) is 5.57. The van der Waals surface area contributed by atoms with Gasteiger partial charge in [-0.1, -0.05) is 37.5 Å². The monoisotopic (exact) mass is 527 g/mol. The number of amides is 1. The van der Waals surface area contributed by atoms with Gasteiger partial charge >= 0.3 is 5.97 Å². The molecule has 39 heavy (non-hydrogen) atoms. The number of ether oxygens (including phenoxy) is 1. The van der Waals surface area contributed by atoms with Gasteiger partial charge < -0.3 is 24.4 Å². The van der Waals surface area contributed by atoms with E-state index in [9.17, 15) is 14.4 Å². The number of benzene rings is 1. The van der Waals surface area contributed by atoms with E-state index < -0.39 is 17.9 Å². The van der Waals surface area contributed by atoms with Crippen molar-refractivity contribution in [3.05, 3.63) is 82.1 Å². The molecule has 6 rings (SSSR count). The molecule has 200 valence electrons. The molecule has 10 nitrogen and oxygen atoms in total. The molecule has 0 bridgehead atoms. The lowest BCUT2D eigenvalue weighted by molar-refractivity contribution is -0.142. The molecule has 3 N–H and O–H groups in total. The number of methoxy groups -OCH3 is 1. The summed E-state index contributed by atoms with van der Waals surface area (Å²) in [4.78, 5) is 46.1. The van der Waals surface area contributed by atoms with Crippen LogP contribution in [0.25, 0.3) is 28.0 Å². The minimum atomic E-state index is -0.951. The van der Waals surface area contributed by atoms with Crippen LogP contribution < -0.4 is 10.9 Å². The van der Waals surface area contributed by atoms with Crippen molar-refractivity contribution in [1.29, 1.82) is 0 Å². The van der Waals surface area contributed by atoms with E-state index in [4.69, 9.17) is 9.15 Å². The predicted octanol–water partition coefficient (Wildman–Crippen LogP) is 4.33. The van der Waals surface area contributed by atoms with Gasteiger partial charge in [0.25, 0.3) is 11.5 Å². The topological polar surface area (TPSA) is 134 Å². The summed E-state index contributed by atoms with van der Waals surface area (Å²) >= 11 is 0. The second kappa shape index (κ2) is 10.3. The second-order valence-corrected chi connectivity index (χ2v) is 9.99. The summed E-state index contributed by atoms with van der Waals surface area (Å²) in [5.74, 6) is -0.529. The lowest BCUT2D eigenvalue weighted by atomic mass is 9.83. The van der Waals surface area contributed by atoms with Gasteiger partial charge in [-0.15, -0.1) is 0 Å². The number of nitrogens with one attached hydrogen (secondary N) is 3. The van der Waals surface area contributed by atoms with Crippen LogP contribution in [-0.2, 0) is 16.0 Å². The molecule has 1 fully saturated rings. The van der Waals surface area contributed by atoms with E-state index in [2.05, 4.69) is 20.4 Å². The molecule has 1 aliphatic carbocycles. The molecule has 1 atom stereocenters. The van der Waals surface area contributed by atoms with Crippen molar-refractivity contribution in [2.45, 2.75) is 50.5 Å². The number of esters is 1. The van der Waals surface area contributed by atoms with Crippen molar-refractivity contribution in [2.24, 2.45) is 0 Å². The van der Waals surface area contributed by atoms with Crippen LogP contribution in [0, 0.1) is 0 Å². The molecular formula is C29H29N5O5. The highest BCUT2D eigenvalue weighted by Gasteiger charge is 2.28. The van der Waals surface area contributed by atoms with Crippen LogP contribution in [0.4, 0.5) is 0 Å². The largest absolute Gasteiger partial charge is 0.467 e. The van der Waals surface area contributed by atoms with Gasteiger partial charge in [-0.3, -0.25) is 9.59 Å². The number of rotatable bonds is 7. The Balaban J connectivity index is 1.33. The van der Waals surface area contributed by atoms with E-state index in [1.807, 2.05) is 36.4 Å². The smallest absolute Gasteiger partial charge is 0.328 e. The van der Waals surface area contributed by atoms with Gasteiger partial charge in [0, 0.05) is 29.3 Å². The molecule has 0 radical (unpaired) electrons. The maximum atomic E-state index is 13.7. The summed E-state index contributed by atoms with van der Waals surface area (Å²) in [6, 6.07) is 13.8. The van der Waals surface area contributed by atoms with Crippen LogP contribution >= 0.6 is 0 Å². The lowest BCUT2D eigenvalue weighted by Crippen LogP contribution is -2.43. The van der Waals surface area contributed by atoms with Crippen LogP contribution in [-0.4, -0.2) is 44.6 Å². The normalized spacial score (nSPS) is 15.0. The molecule has 10 heteroatoms. The second-order valence-electron chi connectivity index (χ2n) is 9.99. The SMILES string of the molecule is COC(=O)[C@H](Cc1cc2ccccc2[nH]1)NC(=O)c1cc2[nH]c(-c3ccco3)c(C3CCCCC3)c(=O)n2n1. The first-order valence-electron chi connectivity index (χ1n) is 13.2. The fraction of sp³-hybridized carbons (Fsp3) is 0.310. The Morgan fingerprint density at radius 1 is 1.13 bits per heavy atom. The molecular weight excluding hydrogens is 498 g/mol. The first-order chi connectivity index (χ1) is 19.0.